The molecule has 2 heterocycles. The Morgan fingerprint density at radius 2 is 2.17 bits per heavy atom. The Hall–Kier alpha value is -1.55. The second-order valence-electron chi connectivity index (χ2n) is 5.04. The zero-order chi connectivity index (χ0) is 16.4. The van der Waals surface area contributed by atoms with Gasteiger partial charge in [0.05, 0.1) is 21.9 Å². The van der Waals surface area contributed by atoms with Gasteiger partial charge in [0.15, 0.2) is 10.2 Å². The van der Waals surface area contributed by atoms with Crippen LogP contribution in [0.15, 0.2) is 27.0 Å². The summed E-state index contributed by atoms with van der Waals surface area (Å²) in [5.74, 6) is -0.529. The average Bonchev–Trinajstić information content (AvgIpc) is 3.11. The average molecular weight is 363 g/mol. The van der Waals surface area contributed by atoms with Crippen LogP contribution in [-0.4, -0.2) is 25.1 Å². The maximum absolute atomic E-state index is 12.7. The highest BCUT2D eigenvalue weighted by molar-refractivity contribution is 7.87. The third-order valence-corrected chi connectivity index (χ3v) is 6.17. The molecule has 1 fully saturated rings. The Morgan fingerprint density at radius 3 is 2.83 bits per heavy atom. The molecule has 5 nitrogen and oxygen atoms in total. The van der Waals surface area contributed by atoms with Gasteiger partial charge in [-0.3, -0.25) is 4.21 Å². The normalized spacial score (nSPS) is 16.1. The molecule has 0 radical (unpaired) electrons. The summed E-state index contributed by atoms with van der Waals surface area (Å²) in [7, 11) is -1.65. The molecule has 0 N–H and O–H groups in total. The van der Waals surface area contributed by atoms with Crippen molar-refractivity contribution >= 4 is 22.1 Å². The van der Waals surface area contributed by atoms with Crippen LogP contribution in [0.2, 0.25) is 0 Å². The Labute approximate surface area is 136 Å². The molecule has 23 heavy (non-hydrogen) atoms. The van der Waals surface area contributed by atoms with Crippen LogP contribution in [-0.2, 0) is 10.8 Å². The lowest BCUT2D eigenvalue weighted by Crippen LogP contribution is -2.08. The van der Waals surface area contributed by atoms with Crippen molar-refractivity contribution in [1.29, 1.82) is 0 Å². The van der Waals surface area contributed by atoms with Crippen LogP contribution < -0.4 is 0 Å². The number of allylic oxidation sites excluding steroid dienone is 1. The van der Waals surface area contributed by atoms with Crippen LogP contribution in [0.1, 0.15) is 37.5 Å². The van der Waals surface area contributed by atoms with E-state index in [9.17, 15) is 17.4 Å². The first-order valence-electron chi connectivity index (χ1n) is 6.92. The third kappa shape index (κ3) is 3.69. The summed E-state index contributed by atoms with van der Waals surface area (Å²) in [6.45, 7) is 0. The first-order valence-corrected chi connectivity index (χ1v) is 9.06. The molecular weight excluding hydrogens is 351 g/mol. The minimum absolute atomic E-state index is 0.224. The Bertz CT molecular complexity index is 751. The smallest absolute Gasteiger partial charge is 0.301 e. The highest BCUT2D eigenvalue weighted by Crippen LogP contribution is 2.36. The van der Waals surface area contributed by atoms with Gasteiger partial charge in [0.25, 0.3) is 0 Å². The molecule has 1 aliphatic carbocycles. The van der Waals surface area contributed by atoms with Gasteiger partial charge < -0.3 is 4.52 Å². The number of rotatable bonds is 6. The lowest BCUT2D eigenvalue weighted by molar-refractivity contribution is 0.292. The maximum atomic E-state index is 12.7. The van der Waals surface area contributed by atoms with Gasteiger partial charge in [-0.2, -0.15) is 13.8 Å². The predicted octanol–water partition coefficient (Wildman–Crippen LogP) is 4.04. The second kappa shape index (κ2) is 6.91. The summed E-state index contributed by atoms with van der Waals surface area (Å²) in [6.07, 6.45) is 1.70. The highest BCUT2D eigenvalue weighted by Gasteiger charge is 2.26. The molecule has 124 valence electrons. The number of hydrogen-bond donors (Lipinski definition) is 0. The molecule has 2 aromatic heterocycles. The molecule has 2 aromatic rings. The lowest BCUT2D eigenvalue weighted by Gasteiger charge is -2.20. The van der Waals surface area contributed by atoms with Crippen molar-refractivity contribution in [2.75, 3.05) is 5.75 Å². The fraction of sp³-hybridized carbons (Fsp3) is 0.462. The largest absolute Gasteiger partial charge is 0.339 e. The maximum Gasteiger partial charge on any atom is 0.301 e. The summed E-state index contributed by atoms with van der Waals surface area (Å²) in [5, 5.41) is 3.88. The number of hydrogen-bond acceptors (Lipinski definition) is 6. The van der Waals surface area contributed by atoms with Crippen LogP contribution >= 0.6 is 11.3 Å². The van der Waals surface area contributed by atoms with E-state index in [1.54, 1.807) is 0 Å². The molecule has 0 amide bonds. The van der Waals surface area contributed by atoms with Gasteiger partial charge in [-0.1, -0.05) is 11.6 Å². The van der Waals surface area contributed by atoms with E-state index in [2.05, 4.69) is 15.1 Å². The predicted molar refractivity (Wildman–Crippen MR) is 78.2 cm³/mol. The summed E-state index contributed by atoms with van der Waals surface area (Å²) >= 11 is 1.08. The van der Waals surface area contributed by atoms with Crippen LogP contribution in [0.5, 0.6) is 0 Å². The van der Waals surface area contributed by atoms with Crippen molar-refractivity contribution in [2.45, 2.75) is 35.9 Å². The van der Waals surface area contributed by atoms with E-state index in [1.165, 1.54) is 6.20 Å². The monoisotopic (exact) mass is 363 g/mol. The second-order valence-corrected chi connectivity index (χ2v) is 7.81. The van der Waals surface area contributed by atoms with E-state index in [0.717, 1.165) is 30.6 Å². The summed E-state index contributed by atoms with van der Waals surface area (Å²) in [4.78, 5) is 8.85. The van der Waals surface area contributed by atoms with Gasteiger partial charge in [-0.25, -0.2) is 9.37 Å². The zero-order valence-electron chi connectivity index (χ0n) is 11.8. The quantitative estimate of drug-likeness (QED) is 0.775. The topological polar surface area (TPSA) is 68.9 Å². The zero-order valence-corrected chi connectivity index (χ0v) is 13.4. The van der Waals surface area contributed by atoms with Gasteiger partial charge in [0.1, 0.15) is 0 Å². The van der Waals surface area contributed by atoms with Crippen molar-refractivity contribution in [2.24, 2.45) is 0 Å². The van der Waals surface area contributed by atoms with Crippen molar-refractivity contribution < 1.29 is 21.9 Å². The fourth-order valence-electron chi connectivity index (χ4n) is 1.99. The molecular formula is C13H12F3N3O2S2. The summed E-state index contributed by atoms with van der Waals surface area (Å²) in [5.41, 5.74) is 0. The molecule has 1 atom stereocenters. The van der Waals surface area contributed by atoms with E-state index in [-0.39, 0.29) is 10.1 Å². The van der Waals surface area contributed by atoms with Crippen LogP contribution in [0.25, 0.3) is 10.7 Å². The first-order chi connectivity index (χ1) is 11.0. The number of thiazole rings is 1. The van der Waals surface area contributed by atoms with Crippen LogP contribution in [0.3, 0.4) is 0 Å². The van der Waals surface area contributed by atoms with Gasteiger partial charge in [-0.05, 0) is 12.8 Å². The molecule has 0 aromatic carbocycles. The van der Waals surface area contributed by atoms with Crippen molar-refractivity contribution in [1.82, 2.24) is 15.1 Å². The SMILES string of the molecule is O=S(CCC(F)=C(F)F)c1ncc(-c2noc(C3CCC3)n2)s1. The first kappa shape index (κ1) is 16.3. The summed E-state index contributed by atoms with van der Waals surface area (Å²) < 4.78 is 54.1. The molecule has 0 saturated heterocycles. The number of aromatic nitrogens is 3. The van der Waals surface area contributed by atoms with Crippen LogP contribution in [0, 0.1) is 0 Å². The molecule has 3 rings (SSSR count). The lowest BCUT2D eigenvalue weighted by atomic mass is 9.85. The molecule has 0 aliphatic heterocycles. The van der Waals surface area contributed by atoms with E-state index >= 15 is 0 Å². The number of halogens is 3. The summed E-state index contributed by atoms with van der Waals surface area (Å²) in [6, 6.07) is 0. The highest BCUT2D eigenvalue weighted by atomic mass is 32.2. The Kier molecular flexibility index (Phi) is 4.90. The Balaban J connectivity index is 1.66. The number of nitrogens with zero attached hydrogens (tertiary/aromatic N) is 3. The fourth-order valence-corrected chi connectivity index (χ4v) is 4.16. The molecule has 0 spiro atoms. The molecule has 0 bridgehead atoms. The third-order valence-electron chi connectivity index (χ3n) is 3.51. The van der Waals surface area contributed by atoms with E-state index in [1.807, 2.05) is 0 Å². The molecule has 10 heteroatoms. The van der Waals surface area contributed by atoms with Gasteiger partial charge in [0.2, 0.25) is 11.7 Å². The Morgan fingerprint density at radius 1 is 1.39 bits per heavy atom. The molecule has 1 unspecified atom stereocenters. The molecule has 1 aliphatic rings. The van der Waals surface area contributed by atoms with Crippen molar-refractivity contribution in [3.63, 3.8) is 0 Å². The van der Waals surface area contributed by atoms with Crippen molar-refractivity contribution in [3.05, 3.63) is 24.0 Å². The minimum Gasteiger partial charge on any atom is -0.339 e. The molecule has 1 saturated carbocycles. The van der Waals surface area contributed by atoms with Gasteiger partial charge in [0, 0.05) is 18.1 Å². The van der Waals surface area contributed by atoms with Gasteiger partial charge >= 0.3 is 6.08 Å². The van der Waals surface area contributed by atoms with E-state index in [0.29, 0.717) is 22.5 Å². The van der Waals surface area contributed by atoms with E-state index < -0.39 is 29.1 Å². The standard InChI is InChI=1S/C13H12F3N3O2S2/c14-8(10(15)16)4-5-23(20)13-17-6-9(22-13)11-18-12(21-19-11)7-2-1-3-7/h6-7H,1-5H2. The van der Waals surface area contributed by atoms with Crippen molar-refractivity contribution in [3.8, 4) is 10.7 Å². The van der Waals surface area contributed by atoms with E-state index in [4.69, 9.17) is 4.52 Å². The minimum atomic E-state index is -2.38. The van der Waals surface area contributed by atoms with Crippen LogP contribution in [0.4, 0.5) is 13.2 Å². The van der Waals surface area contributed by atoms with Gasteiger partial charge in [-0.15, -0.1) is 11.3 Å².